The van der Waals surface area contributed by atoms with Crippen molar-refractivity contribution in [3.8, 4) is 5.75 Å². The van der Waals surface area contributed by atoms with Crippen LogP contribution in [0.4, 0.5) is 0 Å². The van der Waals surface area contributed by atoms with Crippen LogP contribution < -0.4 is 4.74 Å². The fourth-order valence-electron chi connectivity index (χ4n) is 6.35. The quantitative estimate of drug-likeness (QED) is 0.443. The second kappa shape index (κ2) is 9.93. The number of ether oxygens (including phenoxy) is 1. The summed E-state index contributed by atoms with van der Waals surface area (Å²) in [7, 11) is 0. The minimum atomic E-state index is -0.0146. The highest BCUT2D eigenvalue weighted by atomic mass is 16.5. The fraction of sp³-hybridized carbons (Fsp3) is 0.419. The highest BCUT2D eigenvalue weighted by molar-refractivity contribution is 5.44. The van der Waals surface area contributed by atoms with E-state index in [0.29, 0.717) is 6.61 Å². The summed E-state index contributed by atoms with van der Waals surface area (Å²) in [6, 6.07) is 28.1. The molecular formula is C31H37NO2. The maximum atomic E-state index is 10.4. The third kappa shape index (κ3) is 4.52. The molecular weight excluding hydrogens is 418 g/mol. The average molecular weight is 456 g/mol. The Morgan fingerprint density at radius 3 is 2.35 bits per heavy atom. The molecule has 0 saturated carbocycles. The van der Waals surface area contributed by atoms with Crippen molar-refractivity contribution in [1.29, 1.82) is 0 Å². The molecule has 3 aromatic carbocycles. The first-order valence-corrected chi connectivity index (χ1v) is 12.9. The molecule has 0 unspecified atom stereocenters. The van der Waals surface area contributed by atoms with E-state index in [1.54, 1.807) is 0 Å². The van der Waals surface area contributed by atoms with Crippen molar-refractivity contribution in [2.45, 2.75) is 57.6 Å². The highest BCUT2D eigenvalue weighted by Gasteiger charge is 2.50. The van der Waals surface area contributed by atoms with Gasteiger partial charge in [-0.3, -0.25) is 4.90 Å². The van der Waals surface area contributed by atoms with Gasteiger partial charge in [0.1, 0.15) is 12.4 Å². The van der Waals surface area contributed by atoms with E-state index in [-0.39, 0.29) is 17.6 Å². The molecule has 0 radical (unpaired) electrons. The highest BCUT2D eigenvalue weighted by Crippen LogP contribution is 2.50. The molecule has 2 aliphatic heterocycles. The van der Waals surface area contributed by atoms with Crippen LogP contribution in [0.2, 0.25) is 0 Å². The van der Waals surface area contributed by atoms with E-state index in [1.165, 1.54) is 22.3 Å². The second-order valence-corrected chi connectivity index (χ2v) is 10.4. The number of piperidine rings is 1. The minimum Gasteiger partial charge on any atom is -0.489 e. The molecule has 5 rings (SSSR count). The number of rotatable bonds is 8. The van der Waals surface area contributed by atoms with E-state index in [1.807, 2.05) is 6.07 Å². The molecule has 2 heterocycles. The summed E-state index contributed by atoms with van der Waals surface area (Å²) >= 11 is 0. The number of hydrogen-bond donors (Lipinski definition) is 1. The van der Waals surface area contributed by atoms with E-state index >= 15 is 0 Å². The Bertz CT molecular complexity index is 1080. The van der Waals surface area contributed by atoms with Crippen LogP contribution in [0, 0.1) is 5.41 Å². The van der Waals surface area contributed by atoms with Gasteiger partial charge in [-0.15, -0.1) is 0 Å². The lowest BCUT2D eigenvalue weighted by molar-refractivity contribution is -0.0615. The van der Waals surface area contributed by atoms with Crippen LogP contribution in [0.5, 0.6) is 5.75 Å². The number of nitrogens with zero attached hydrogens (tertiary/aromatic N) is 1. The van der Waals surface area contributed by atoms with Crippen molar-refractivity contribution in [2.24, 2.45) is 5.41 Å². The van der Waals surface area contributed by atoms with E-state index in [9.17, 15) is 5.11 Å². The van der Waals surface area contributed by atoms with E-state index in [2.05, 4.69) is 84.6 Å². The summed E-state index contributed by atoms with van der Waals surface area (Å²) in [5.41, 5.74) is 5.47. The molecule has 1 fully saturated rings. The van der Waals surface area contributed by atoms with Crippen LogP contribution in [-0.4, -0.2) is 29.7 Å². The van der Waals surface area contributed by atoms with Crippen molar-refractivity contribution in [1.82, 2.24) is 4.90 Å². The molecule has 0 amide bonds. The smallest absolute Gasteiger partial charge is 0.120 e. The molecule has 1 N–H and O–H groups in total. The molecule has 3 heteroatoms. The lowest BCUT2D eigenvalue weighted by atomic mass is 9.64. The summed E-state index contributed by atoms with van der Waals surface area (Å²) in [5.74, 6) is 0.956. The van der Waals surface area contributed by atoms with Crippen molar-refractivity contribution < 1.29 is 9.84 Å². The van der Waals surface area contributed by atoms with Crippen LogP contribution in [0.3, 0.4) is 0 Å². The zero-order valence-corrected chi connectivity index (χ0v) is 20.4. The number of fused-ring (bicyclic) bond motifs is 3. The third-order valence-electron chi connectivity index (χ3n) is 8.13. The molecule has 0 aliphatic carbocycles. The van der Waals surface area contributed by atoms with Gasteiger partial charge in [0.05, 0.1) is 5.54 Å². The second-order valence-electron chi connectivity index (χ2n) is 10.4. The standard InChI is InChI=1S/C31H37NO2/c1-2-16-30(24-33)17-18-31(21-25-9-5-3-6-10-25)29-14-13-28(20-27(29)15-19-32(31)23-30)34-22-26-11-7-4-8-12-26/h3-14,20,33H,2,15-19,21-24H2,1H3/t30-,31-/m1/s1. The Hall–Kier alpha value is -2.62. The monoisotopic (exact) mass is 455 g/mol. The Morgan fingerprint density at radius 1 is 0.912 bits per heavy atom. The molecule has 34 heavy (non-hydrogen) atoms. The maximum Gasteiger partial charge on any atom is 0.120 e. The van der Waals surface area contributed by atoms with E-state index < -0.39 is 0 Å². The number of hydrogen-bond acceptors (Lipinski definition) is 3. The first-order chi connectivity index (χ1) is 16.7. The van der Waals surface area contributed by atoms with Gasteiger partial charge in [0.2, 0.25) is 0 Å². The topological polar surface area (TPSA) is 32.7 Å². The Balaban J connectivity index is 1.46. The van der Waals surface area contributed by atoms with Gasteiger partial charge in [0.15, 0.2) is 0 Å². The third-order valence-corrected chi connectivity index (χ3v) is 8.13. The molecule has 2 aliphatic rings. The van der Waals surface area contributed by atoms with Crippen molar-refractivity contribution in [3.05, 3.63) is 101 Å². The van der Waals surface area contributed by atoms with Crippen molar-refractivity contribution in [3.63, 3.8) is 0 Å². The summed E-state index contributed by atoms with van der Waals surface area (Å²) < 4.78 is 6.18. The molecule has 0 bridgehead atoms. The van der Waals surface area contributed by atoms with E-state index in [4.69, 9.17) is 4.74 Å². The summed E-state index contributed by atoms with van der Waals surface area (Å²) in [6.45, 7) is 5.14. The predicted octanol–water partition coefficient (Wildman–Crippen LogP) is 6.13. The predicted molar refractivity (Wildman–Crippen MR) is 138 cm³/mol. The molecule has 1 saturated heterocycles. The van der Waals surface area contributed by atoms with Gasteiger partial charge in [0, 0.05) is 25.1 Å². The summed E-state index contributed by atoms with van der Waals surface area (Å²) in [6.07, 6.45) is 6.42. The Morgan fingerprint density at radius 2 is 1.65 bits per heavy atom. The zero-order chi connectivity index (χ0) is 23.4. The molecule has 0 spiro atoms. The van der Waals surface area contributed by atoms with Gasteiger partial charge in [-0.1, -0.05) is 80.1 Å². The number of aliphatic hydroxyl groups is 1. The minimum absolute atomic E-state index is 0.0146. The largest absolute Gasteiger partial charge is 0.489 e. The average Bonchev–Trinajstić information content (AvgIpc) is 2.89. The van der Waals surface area contributed by atoms with Crippen molar-refractivity contribution >= 4 is 0 Å². The lowest BCUT2D eigenvalue weighted by Gasteiger charge is -2.57. The van der Waals surface area contributed by atoms with Gasteiger partial charge in [-0.05, 0) is 66.5 Å². The summed E-state index contributed by atoms with van der Waals surface area (Å²) in [4.78, 5) is 2.71. The molecule has 3 aromatic rings. The van der Waals surface area contributed by atoms with Crippen LogP contribution in [0.1, 0.15) is 54.9 Å². The maximum absolute atomic E-state index is 10.4. The Kier molecular flexibility index (Phi) is 6.76. The lowest BCUT2D eigenvalue weighted by Crippen LogP contribution is -2.60. The Labute approximate surface area is 204 Å². The van der Waals surface area contributed by atoms with Crippen LogP contribution >= 0.6 is 0 Å². The van der Waals surface area contributed by atoms with Crippen LogP contribution in [0.15, 0.2) is 78.9 Å². The van der Waals surface area contributed by atoms with Gasteiger partial charge in [-0.25, -0.2) is 0 Å². The molecule has 3 nitrogen and oxygen atoms in total. The van der Waals surface area contributed by atoms with Crippen molar-refractivity contribution in [2.75, 3.05) is 19.7 Å². The number of benzene rings is 3. The van der Waals surface area contributed by atoms with Gasteiger partial charge < -0.3 is 9.84 Å². The van der Waals surface area contributed by atoms with E-state index in [0.717, 1.165) is 57.4 Å². The summed E-state index contributed by atoms with van der Waals surface area (Å²) in [5, 5.41) is 10.4. The van der Waals surface area contributed by atoms with Crippen LogP contribution in [-0.2, 0) is 25.0 Å². The normalized spacial score (nSPS) is 24.3. The SMILES string of the molecule is CCC[C@@]1(CO)CC[C@@]2(Cc3ccccc3)c3ccc(OCc4ccccc4)cc3CCN2C1. The number of aliphatic hydroxyl groups excluding tert-OH is 1. The van der Waals surface area contributed by atoms with Crippen LogP contribution in [0.25, 0.3) is 0 Å². The fourth-order valence-corrected chi connectivity index (χ4v) is 6.35. The van der Waals surface area contributed by atoms with Gasteiger partial charge in [-0.2, -0.15) is 0 Å². The van der Waals surface area contributed by atoms with Gasteiger partial charge in [0.25, 0.3) is 0 Å². The molecule has 0 aromatic heterocycles. The molecule has 2 atom stereocenters. The zero-order valence-electron chi connectivity index (χ0n) is 20.4. The molecule has 178 valence electrons. The first kappa shape index (κ1) is 23.1. The van der Waals surface area contributed by atoms with Gasteiger partial charge >= 0.3 is 0 Å². The first-order valence-electron chi connectivity index (χ1n) is 12.9.